The van der Waals surface area contributed by atoms with E-state index in [2.05, 4.69) is 10.3 Å². The summed E-state index contributed by atoms with van der Waals surface area (Å²) in [7, 11) is 0. The highest BCUT2D eigenvalue weighted by Gasteiger charge is 2.11. The van der Waals surface area contributed by atoms with E-state index >= 15 is 0 Å². The van der Waals surface area contributed by atoms with Crippen LogP contribution in [0.25, 0.3) is 20.2 Å². The van der Waals surface area contributed by atoms with Crippen LogP contribution in [0, 0.1) is 0 Å². The van der Waals surface area contributed by atoms with Crippen molar-refractivity contribution in [3.8, 4) is 0 Å². The molecule has 0 saturated carbocycles. The molecule has 0 aliphatic carbocycles. The number of benzene rings is 2. The third-order valence-electron chi connectivity index (χ3n) is 3.58. The normalized spacial score (nSPS) is 14.4. The first-order valence-corrected chi connectivity index (χ1v) is 7.87. The van der Waals surface area contributed by atoms with Gasteiger partial charge in [-0.05, 0) is 30.3 Å². The molecular weight excluding hydrogens is 304 g/mol. The molecule has 104 valence electrons. The number of nitrogens with zero attached hydrogens (tertiary/aromatic N) is 1. The van der Waals surface area contributed by atoms with E-state index in [0.29, 0.717) is 10.4 Å². The van der Waals surface area contributed by atoms with Gasteiger partial charge in [0.2, 0.25) is 0 Å². The molecule has 0 bridgehead atoms. The van der Waals surface area contributed by atoms with Crippen LogP contribution in [0.15, 0.2) is 46.2 Å². The van der Waals surface area contributed by atoms with Gasteiger partial charge in [0.1, 0.15) is 5.84 Å². The number of hydrogen-bond acceptors (Lipinski definition) is 4. The summed E-state index contributed by atoms with van der Waals surface area (Å²) in [5.41, 5.74) is 1.07. The van der Waals surface area contributed by atoms with E-state index in [-0.39, 0.29) is 5.43 Å². The summed E-state index contributed by atoms with van der Waals surface area (Å²) in [6, 6.07) is 11.3. The molecule has 1 aliphatic heterocycles. The molecule has 0 amide bonds. The number of halogens is 1. The summed E-state index contributed by atoms with van der Waals surface area (Å²) in [6.45, 7) is 1.68. The summed E-state index contributed by atoms with van der Waals surface area (Å²) in [4.78, 5) is 17.0. The molecule has 4 rings (SSSR count). The second-order valence-corrected chi connectivity index (χ2v) is 6.46. The zero-order valence-electron chi connectivity index (χ0n) is 11.0. The van der Waals surface area contributed by atoms with Crippen LogP contribution in [0.2, 0.25) is 5.02 Å². The van der Waals surface area contributed by atoms with Gasteiger partial charge < -0.3 is 5.32 Å². The second kappa shape index (κ2) is 4.83. The molecule has 21 heavy (non-hydrogen) atoms. The fraction of sp³-hybridized carbons (Fsp3) is 0.125. The average molecular weight is 315 g/mol. The SMILES string of the molecule is O=c1c2ccc(C3=NCCN3)cc2sc2ccc(Cl)cc12. The van der Waals surface area contributed by atoms with Crippen LogP contribution in [-0.2, 0) is 0 Å². The summed E-state index contributed by atoms with van der Waals surface area (Å²) in [5, 5.41) is 5.26. The fourth-order valence-electron chi connectivity index (χ4n) is 2.57. The van der Waals surface area contributed by atoms with Crippen LogP contribution < -0.4 is 10.7 Å². The molecule has 0 unspecified atom stereocenters. The van der Waals surface area contributed by atoms with E-state index in [1.165, 1.54) is 0 Å². The van der Waals surface area contributed by atoms with Crippen LogP contribution in [0.4, 0.5) is 0 Å². The molecule has 1 aromatic heterocycles. The van der Waals surface area contributed by atoms with Gasteiger partial charge in [0.05, 0.1) is 6.54 Å². The Morgan fingerprint density at radius 1 is 1.10 bits per heavy atom. The van der Waals surface area contributed by atoms with Crippen molar-refractivity contribution < 1.29 is 0 Å². The zero-order valence-corrected chi connectivity index (χ0v) is 12.6. The van der Waals surface area contributed by atoms with Gasteiger partial charge in [-0.25, -0.2) is 0 Å². The van der Waals surface area contributed by atoms with Crippen LogP contribution >= 0.6 is 22.9 Å². The molecule has 2 heterocycles. The van der Waals surface area contributed by atoms with Crippen molar-refractivity contribution >= 4 is 48.9 Å². The van der Waals surface area contributed by atoms with Crippen molar-refractivity contribution in [1.82, 2.24) is 5.32 Å². The van der Waals surface area contributed by atoms with E-state index in [4.69, 9.17) is 11.6 Å². The van der Waals surface area contributed by atoms with Crippen LogP contribution in [0.1, 0.15) is 5.56 Å². The number of amidine groups is 1. The first-order chi connectivity index (χ1) is 10.2. The van der Waals surface area contributed by atoms with Crippen LogP contribution in [0.5, 0.6) is 0 Å². The lowest BCUT2D eigenvalue weighted by molar-refractivity contribution is 0.960. The van der Waals surface area contributed by atoms with Gasteiger partial charge >= 0.3 is 0 Å². The van der Waals surface area contributed by atoms with E-state index in [9.17, 15) is 4.79 Å². The molecule has 0 spiro atoms. The lowest BCUT2D eigenvalue weighted by atomic mass is 10.1. The predicted molar refractivity (Wildman–Crippen MR) is 90.0 cm³/mol. The second-order valence-electron chi connectivity index (χ2n) is 4.94. The maximum Gasteiger partial charge on any atom is 0.195 e. The number of nitrogens with one attached hydrogen (secondary N) is 1. The van der Waals surface area contributed by atoms with Crippen molar-refractivity contribution in [2.75, 3.05) is 13.1 Å². The summed E-state index contributed by atoms with van der Waals surface area (Å²) in [6.07, 6.45) is 0. The third kappa shape index (κ3) is 2.11. The van der Waals surface area contributed by atoms with Crippen molar-refractivity contribution in [2.24, 2.45) is 4.99 Å². The lowest BCUT2D eigenvalue weighted by Crippen LogP contribution is -2.19. The summed E-state index contributed by atoms with van der Waals surface area (Å²) < 4.78 is 1.93. The van der Waals surface area contributed by atoms with Gasteiger partial charge in [-0.2, -0.15) is 0 Å². The Bertz CT molecular complexity index is 962. The van der Waals surface area contributed by atoms with Gasteiger partial charge in [-0.3, -0.25) is 9.79 Å². The minimum atomic E-state index is 0.0362. The maximum atomic E-state index is 12.6. The van der Waals surface area contributed by atoms with Gasteiger partial charge in [-0.15, -0.1) is 11.3 Å². The minimum Gasteiger partial charge on any atom is -0.368 e. The zero-order chi connectivity index (χ0) is 14.4. The van der Waals surface area contributed by atoms with Crippen molar-refractivity contribution in [1.29, 1.82) is 0 Å². The number of rotatable bonds is 1. The molecule has 1 N–H and O–H groups in total. The molecule has 0 atom stereocenters. The Morgan fingerprint density at radius 3 is 2.81 bits per heavy atom. The Kier molecular flexibility index (Phi) is 2.94. The van der Waals surface area contributed by atoms with Crippen LogP contribution in [0.3, 0.4) is 0 Å². The van der Waals surface area contributed by atoms with Gasteiger partial charge in [0, 0.05) is 37.3 Å². The Labute approximate surface area is 129 Å². The lowest BCUT2D eigenvalue weighted by Gasteiger charge is -2.05. The topological polar surface area (TPSA) is 41.5 Å². The van der Waals surface area contributed by atoms with E-state index < -0.39 is 0 Å². The molecule has 0 radical (unpaired) electrons. The Hall–Kier alpha value is -1.91. The van der Waals surface area contributed by atoms with E-state index in [1.807, 2.05) is 30.3 Å². The molecule has 3 aromatic rings. The molecule has 0 saturated heterocycles. The number of fused-ring (bicyclic) bond motifs is 2. The molecular formula is C16H11ClN2OS. The summed E-state index contributed by atoms with van der Waals surface area (Å²) in [5.74, 6) is 0.910. The predicted octanol–water partition coefficient (Wildman–Crippen LogP) is 3.42. The Morgan fingerprint density at radius 2 is 2.00 bits per heavy atom. The molecule has 2 aromatic carbocycles. The first kappa shape index (κ1) is 12.8. The largest absolute Gasteiger partial charge is 0.368 e. The standard InChI is InChI=1S/C16H11ClN2OS/c17-10-2-4-13-12(8-10)15(20)11-3-1-9(7-14(11)21-13)16-18-5-6-19-16/h1-4,7-8H,5-6H2,(H,18,19). The molecule has 3 nitrogen and oxygen atoms in total. The molecule has 5 heteroatoms. The highest BCUT2D eigenvalue weighted by atomic mass is 35.5. The van der Waals surface area contributed by atoms with Crippen molar-refractivity contribution in [3.63, 3.8) is 0 Å². The number of aliphatic imine (C=N–C) groups is 1. The third-order valence-corrected chi connectivity index (χ3v) is 4.95. The van der Waals surface area contributed by atoms with Gasteiger partial charge in [-0.1, -0.05) is 17.7 Å². The number of hydrogen-bond donors (Lipinski definition) is 1. The van der Waals surface area contributed by atoms with Crippen LogP contribution in [-0.4, -0.2) is 18.9 Å². The van der Waals surface area contributed by atoms with Crippen molar-refractivity contribution in [2.45, 2.75) is 0 Å². The van der Waals surface area contributed by atoms with E-state index in [0.717, 1.165) is 39.3 Å². The molecule has 1 aliphatic rings. The smallest absolute Gasteiger partial charge is 0.195 e. The van der Waals surface area contributed by atoms with Gasteiger partial charge in [0.25, 0.3) is 0 Å². The highest BCUT2D eigenvalue weighted by molar-refractivity contribution is 7.24. The van der Waals surface area contributed by atoms with E-state index in [1.54, 1.807) is 17.4 Å². The fourth-order valence-corrected chi connectivity index (χ4v) is 3.83. The quantitative estimate of drug-likeness (QED) is 0.699. The minimum absolute atomic E-state index is 0.0362. The first-order valence-electron chi connectivity index (χ1n) is 6.67. The van der Waals surface area contributed by atoms with Crippen molar-refractivity contribution in [3.05, 3.63) is 57.2 Å². The molecule has 0 fully saturated rings. The Balaban J connectivity index is 2.02. The monoisotopic (exact) mass is 314 g/mol. The maximum absolute atomic E-state index is 12.6. The highest BCUT2D eigenvalue weighted by Crippen LogP contribution is 2.27. The van der Waals surface area contributed by atoms with Gasteiger partial charge in [0.15, 0.2) is 5.43 Å². The summed E-state index contributed by atoms with van der Waals surface area (Å²) >= 11 is 7.60. The average Bonchev–Trinajstić information content (AvgIpc) is 3.02.